The van der Waals surface area contributed by atoms with E-state index in [1.54, 1.807) is 12.1 Å². The number of piperidine rings is 1. The molecular weight excluding hydrogens is 364 g/mol. The first-order valence-corrected chi connectivity index (χ1v) is 9.30. The maximum atomic E-state index is 12.2. The molecule has 4 nitrogen and oxygen atoms in total. The van der Waals surface area contributed by atoms with Crippen molar-refractivity contribution in [2.45, 2.75) is 24.2 Å². The molecule has 0 bridgehead atoms. The van der Waals surface area contributed by atoms with E-state index in [2.05, 4.69) is 26.0 Å². The lowest BCUT2D eigenvalue weighted by Gasteiger charge is -2.22. The lowest BCUT2D eigenvalue weighted by atomic mass is 9.96. The molecular formula is C13H18BrClN2O2S. The Kier molecular flexibility index (Phi) is 5.86. The lowest BCUT2D eigenvalue weighted by molar-refractivity contribution is 0.358. The Morgan fingerprint density at radius 3 is 2.90 bits per heavy atom. The molecule has 0 saturated carbocycles. The van der Waals surface area contributed by atoms with Gasteiger partial charge in [-0.25, -0.2) is 13.1 Å². The number of halogens is 2. The molecule has 112 valence electrons. The minimum absolute atomic E-state index is 0.129. The van der Waals surface area contributed by atoms with Crippen LogP contribution in [0.25, 0.3) is 0 Å². The maximum absolute atomic E-state index is 12.2. The third-order valence-corrected chi connectivity index (χ3v) is 5.86. The molecule has 1 atom stereocenters. The quantitative estimate of drug-likeness (QED) is 0.824. The fourth-order valence-corrected chi connectivity index (χ4v) is 4.42. The van der Waals surface area contributed by atoms with Gasteiger partial charge in [-0.1, -0.05) is 27.5 Å². The van der Waals surface area contributed by atoms with E-state index in [-0.39, 0.29) is 9.92 Å². The van der Waals surface area contributed by atoms with Gasteiger partial charge in [0.15, 0.2) is 0 Å². The predicted octanol–water partition coefficient (Wildman–Crippen LogP) is 2.77. The van der Waals surface area contributed by atoms with E-state index in [1.165, 1.54) is 6.07 Å². The lowest BCUT2D eigenvalue weighted by Crippen LogP contribution is -2.33. The van der Waals surface area contributed by atoms with Gasteiger partial charge in [0.25, 0.3) is 0 Å². The smallest absolute Gasteiger partial charge is 0.242 e. The highest BCUT2D eigenvalue weighted by molar-refractivity contribution is 9.10. The molecule has 0 radical (unpaired) electrons. The highest BCUT2D eigenvalue weighted by atomic mass is 79.9. The van der Waals surface area contributed by atoms with E-state index in [9.17, 15) is 8.42 Å². The summed E-state index contributed by atoms with van der Waals surface area (Å²) in [6.07, 6.45) is 3.17. The van der Waals surface area contributed by atoms with Crippen LogP contribution >= 0.6 is 27.5 Å². The number of sulfonamides is 1. The van der Waals surface area contributed by atoms with Gasteiger partial charge in [-0.2, -0.15) is 0 Å². The number of nitrogens with one attached hydrogen (secondary N) is 2. The van der Waals surface area contributed by atoms with Crippen LogP contribution < -0.4 is 10.0 Å². The van der Waals surface area contributed by atoms with E-state index in [0.717, 1.165) is 36.8 Å². The van der Waals surface area contributed by atoms with E-state index in [4.69, 9.17) is 11.6 Å². The molecule has 1 aliphatic rings. The largest absolute Gasteiger partial charge is 0.316 e. The van der Waals surface area contributed by atoms with Gasteiger partial charge in [0, 0.05) is 11.0 Å². The second-order valence-corrected chi connectivity index (χ2v) is 8.03. The van der Waals surface area contributed by atoms with Gasteiger partial charge in [0.1, 0.15) is 4.90 Å². The standard InChI is InChI=1S/C13H18BrClN2O2S/c14-11-3-4-13(12(15)8-11)20(18,19)17-7-5-10-2-1-6-16-9-10/h3-4,8,10,16-17H,1-2,5-7,9H2. The Balaban J connectivity index is 1.93. The minimum atomic E-state index is -3.53. The van der Waals surface area contributed by atoms with Crippen molar-refractivity contribution in [2.75, 3.05) is 19.6 Å². The van der Waals surface area contributed by atoms with Crippen molar-refractivity contribution in [3.63, 3.8) is 0 Å². The highest BCUT2D eigenvalue weighted by Gasteiger charge is 2.19. The van der Waals surface area contributed by atoms with Crippen LogP contribution in [0.1, 0.15) is 19.3 Å². The van der Waals surface area contributed by atoms with Gasteiger partial charge in [-0.3, -0.25) is 0 Å². The summed E-state index contributed by atoms with van der Waals surface area (Å²) in [7, 11) is -3.53. The Morgan fingerprint density at radius 1 is 1.45 bits per heavy atom. The van der Waals surface area contributed by atoms with Crippen LogP contribution in [-0.4, -0.2) is 28.1 Å². The van der Waals surface area contributed by atoms with Crippen LogP contribution in [0.15, 0.2) is 27.6 Å². The molecule has 1 fully saturated rings. The van der Waals surface area contributed by atoms with Gasteiger partial charge < -0.3 is 5.32 Å². The van der Waals surface area contributed by atoms with E-state index < -0.39 is 10.0 Å². The second-order valence-electron chi connectivity index (χ2n) is 4.97. The molecule has 0 aromatic heterocycles. The number of benzene rings is 1. The Bertz CT molecular complexity index is 559. The molecule has 20 heavy (non-hydrogen) atoms. The van der Waals surface area contributed by atoms with Crippen LogP contribution in [0.3, 0.4) is 0 Å². The van der Waals surface area contributed by atoms with E-state index >= 15 is 0 Å². The summed E-state index contributed by atoms with van der Waals surface area (Å²) < 4.78 is 27.7. The van der Waals surface area contributed by atoms with E-state index in [1.807, 2.05) is 0 Å². The summed E-state index contributed by atoms with van der Waals surface area (Å²) >= 11 is 9.24. The normalized spacial score (nSPS) is 20.0. The maximum Gasteiger partial charge on any atom is 0.242 e. The van der Waals surface area contributed by atoms with Crippen molar-refractivity contribution >= 4 is 37.6 Å². The van der Waals surface area contributed by atoms with E-state index in [0.29, 0.717) is 12.5 Å². The van der Waals surface area contributed by atoms with Crippen LogP contribution in [0.4, 0.5) is 0 Å². The first kappa shape index (κ1) is 16.2. The van der Waals surface area contributed by atoms with Crippen molar-refractivity contribution in [1.29, 1.82) is 0 Å². The molecule has 7 heteroatoms. The SMILES string of the molecule is O=S(=O)(NCCC1CCCNC1)c1ccc(Br)cc1Cl. The molecule has 1 saturated heterocycles. The van der Waals surface area contributed by atoms with Crippen molar-refractivity contribution in [1.82, 2.24) is 10.0 Å². The van der Waals surface area contributed by atoms with Crippen LogP contribution in [0.5, 0.6) is 0 Å². The fraction of sp³-hybridized carbons (Fsp3) is 0.538. The first-order valence-electron chi connectivity index (χ1n) is 6.64. The van der Waals surface area contributed by atoms with Gasteiger partial charge in [-0.15, -0.1) is 0 Å². The number of hydrogen-bond acceptors (Lipinski definition) is 3. The Labute approximate surface area is 133 Å². The molecule has 1 unspecified atom stereocenters. The molecule has 2 N–H and O–H groups in total. The van der Waals surface area contributed by atoms with Crippen LogP contribution in [0, 0.1) is 5.92 Å². The zero-order chi connectivity index (χ0) is 14.6. The summed E-state index contributed by atoms with van der Waals surface area (Å²) in [6, 6.07) is 4.77. The first-order chi connectivity index (χ1) is 9.49. The summed E-state index contributed by atoms with van der Waals surface area (Å²) in [6.45, 7) is 2.48. The molecule has 0 amide bonds. The summed E-state index contributed by atoms with van der Waals surface area (Å²) in [4.78, 5) is 0.129. The van der Waals surface area contributed by atoms with Crippen LogP contribution in [0.2, 0.25) is 5.02 Å². The second kappa shape index (κ2) is 7.22. The summed E-state index contributed by atoms with van der Waals surface area (Å²) in [5.41, 5.74) is 0. The monoisotopic (exact) mass is 380 g/mol. The topological polar surface area (TPSA) is 58.2 Å². The molecule has 1 heterocycles. The zero-order valence-electron chi connectivity index (χ0n) is 11.0. The van der Waals surface area contributed by atoms with Crippen molar-refractivity contribution in [3.05, 3.63) is 27.7 Å². The highest BCUT2D eigenvalue weighted by Crippen LogP contribution is 2.25. The van der Waals surface area contributed by atoms with Crippen molar-refractivity contribution < 1.29 is 8.42 Å². The van der Waals surface area contributed by atoms with Gasteiger partial charge in [-0.05, 0) is 56.5 Å². The molecule has 1 aromatic carbocycles. The Hall–Kier alpha value is -0.140. The summed E-state index contributed by atoms with van der Waals surface area (Å²) in [5, 5.41) is 3.55. The zero-order valence-corrected chi connectivity index (χ0v) is 14.2. The van der Waals surface area contributed by atoms with Crippen molar-refractivity contribution in [2.24, 2.45) is 5.92 Å². The van der Waals surface area contributed by atoms with Gasteiger partial charge >= 0.3 is 0 Å². The molecule has 2 rings (SSSR count). The van der Waals surface area contributed by atoms with Crippen LogP contribution in [-0.2, 0) is 10.0 Å². The fourth-order valence-electron chi connectivity index (χ4n) is 2.34. The number of rotatable bonds is 5. The number of hydrogen-bond donors (Lipinski definition) is 2. The average molecular weight is 382 g/mol. The molecule has 0 aliphatic carbocycles. The van der Waals surface area contributed by atoms with Crippen molar-refractivity contribution in [3.8, 4) is 0 Å². The summed E-state index contributed by atoms with van der Waals surface area (Å²) in [5.74, 6) is 0.548. The predicted molar refractivity (Wildman–Crippen MR) is 84.6 cm³/mol. The molecule has 1 aromatic rings. The minimum Gasteiger partial charge on any atom is -0.316 e. The molecule has 0 spiro atoms. The van der Waals surface area contributed by atoms with Gasteiger partial charge in [0.2, 0.25) is 10.0 Å². The third-order valence-electron chi connectivity index (χ3n) is 3.43. The molecule has 1 aliphatic heterocycles. The van der Waals surface area contributed by atoms with Gasteiger partial charge in [0.05, 0.1) is 5.02 Å². The average Bonchev–Trinajstić information content (AvgIpc) is 2.39. The third kappa shape index (κ3) is 4.43. The Morgan fingerprint density at radius 2 is 2.25 bits per heavy atom.